The number of aryl methyl sites for hydroxylation is 1. The highest BCUT2D eigenvalue weighted by atomic mass is 16.5. The molecule has 1 aliphatic carbocycles. The number of benzene rings is 1. The minimum absolute atomic E-state index is 0.0384. The molecule has 2 aliphatic rings. The Hall–Kier alpha value is -2.73. The minimum atomic E-state index is -0.137. The molecule has 30 heavy (non-hydrogen) atoms. The third-order valence-electron chi connectivity index (χ3n) is 6.25. The van der Waals surface area contributed by atoms with Crippen LogP contribution < -0.4 is 10.6 Å². The summed E-state index contributed by atoms with van der Waals surface area (Å²) in [6, 6.07) is 9.43. The quantitative estimate of drug-likeness (QED) is 0.768. The fourth-order valence-electron chi connectivity index (χ4n) is 4.35. The number of aromatic nitrogens is 1. The molecule has 0 spiro atoms. The molecule has 6 heteroatoms. The number of pyridine rings is 1. The molecule has 2 fully saturated rings. The van der Waals surface area contributed by atoms with E-state index < -0.39 is 0 Å². The molecule has 0 unspecified atom stereocenters. The lowest BCUT2D eigenvalue weighted by molar-refractivity contribution is -0.119. The van der Waals surface area contributed by atoms with Crippen molar-refractivity contribution in [1.82, 2.24) is 10.3 Å². The summed E-state index contributed by atoms with van der Waals surface area (Å²) in [6.45, 7) is 3.09. The van der Waals surface area contributed by atoms with Gasteiger partial charge in [-0.15, -0.1) is 0 Å². The van der Waals surface area contributed by atoms with Crippen molar-refractivity contribution in [3.05, 3.63) is 59.4 Å². The smallest absolute Gasteiger partial charge is 0.251 e. The zero-order chi connectivity index (χ0) is 20.9. The number of carbonyl (C=O) groups excluding carboxylic acids is 2. The van der Waals surface area contributed by atoms with E-state index in [1.807, 2.05) is 31.2 Å². The van der Waals surface area contributed by atoms with Gasteiger partial charge in [0.25, 0.3) is 5.91 Å². The zero-order valence-electron chi connectivity index (χ0n) is 17.4. The molecule has 1 aliphatic heterocycles. The molecule has 4 rings (SSSR count). The van der Waals surface area contributed by atoms with Gasteiger partial charge in [-0.2, -0.15) is 0 Å². The van der Waals surface area contributed by atoms with Crippen LogP contribution in [0.2, 0.25) is 0 Å². The van der Waals surface area contributed by atoms with E-state index in [-0.39, 0.29) is 29.7 Å². The van der Waals surface area contributed by atoms with Gasteiger partial charge in [0.1, 0.15) is 0 Å². The number of hydrogen-bond donors (Lipinski definition) is 2. The van der Waals surface area contributed by atoms with Gasteiger partial charge < -0.3 is 15.4 Å². The number of carbonyl (C=O) groups is 2. The molecule has 0 radical (unpaired) electrons. The summed E-state index contributed by atoms with van der Waals surface area (Å²) in [5.74, 6) is 0.242. The standard InChI is InChI=1S/C24H29N3O3/c1-16-6-7-19(13-21(16)26-23(28)18-4-2-3-5-18)24(29)27-22-15-30-14-20(22)12-17-8-10-25-11-9-17/h6-11,13,18,20,22H,2-5,12,14-15H2,1H3,(H,26,28)(H,27,29)/t20-,22+/m1/s1. The Balaban J connectivity index is 1.40. The first-order valence-electron chi connectivity index (χ1n) is 10.8. The molecule has 1 aromatic carbocycles. The molecule has 1 aromatic heterocycles. The Morgan fingerprint density at radius 3 is 2.63 bits per heavy atom. The van der Waals surface area contributed by atoms with Gasteiger partial charge in [-0.3, -0.25) is 14.6 Å². The highest BCUT2D eigenvalue weighted by Crippen LogP contribution is 2.27. The van der Waals surface area contributed by atoms with Crippen LogP contribution in [0.5, 0.6) is 0 Å². The Morgan fingerprint density at radius 1 is 1.10 bits per heavy atom. The molecule has 2 amide bonds. The van der Waals surface area contributed by atoms with Gasteiger partial charge in [0.15, 0.2) is 0 Å². The van der Waals surface area contributed by atoms with Crippen molar-refractivity contribution in [2.24, 2.45) is 11.8 Å². The first-order chi connectivity index (χ1) is 14.6. The van der Waals surface area contributed by atoms with Crippen LogP contribution in [0.1, 0.15) is 47.2 Å². The van der Waals surface area contributed by atoms with E-state index in [1.165, 1.54) is 5.56 Å². The van der Waals surface area contributed by atoms with Gasteiger partial charge in [-0.25, -0.2) is 0 Å². The summed E-state index contributed by atoms with van der Waals surface area (Å²) >= 11 is 0. The van der Waals surface area contributed by atoms with Gasteiger partial charge in [0.05, 0.1) is 19.3 Å². The molecular weight excluding hydrogens is 378 g/mol. The first kappa shape index (κ1) is 20.5. The molecule has 2 heterocycles. The van der Waals surface area contributed by atoms with Crippen LogP contribution in [0.25, 0.3) is 0 Å². The van der Waals surface area contributed by atoms with Crippen molar-refractivity contribution in [2.45, 2.75) is 45.1 Å². The average molecular weight is 408 g/mol. The van der Waals surface area contributed by atoms with E-state index in [0.29, 0.717) is 18.8 Å². The second-order valence-corrected chi connectivity index (χ2v) is 8.44. The van der Waals surface area contributed by atoms with Gasteiger partial charge >= 0.3 is 0 Å². The molecule has 6 nitrogen and oxygen atoms in total. The highest BCUT2D eigenvalue weighted by Gasteiger charge is 2.30. The fourth-order valence-corrected chi connectivity index (χ4v) is 4.35. The molecule has 158 valence electrons. The van der Waals surface area contributed by atoms with E-state index in [0.717, 1.165) is 43.4 Å². The van der Waals surface area contributed by atoms with Gasteiger partial charge in [0, 0.05) is 35.5 Å². The predicted octanol–water partition coefficient (Wildman–Crippen LogP) is 3.51. The van der Waals surface area contributed by atoms with E-state index in [9.17, 15) is 9.59 Å². The largest absolute Gasteiger partial charge is 0.379 e. The molecule has 1 saturated heterocycles. The second kappa shape index (κ2) is 9.39. The van der Waals surface area contributed by atoms with Gasteiger partial charge in [-0.1, -0.05) is 18.9 Å². The van der Waals surface area contributed by atoms with Crippen LogP contribution in [0, 0.1) is 18.8 Å². The number of ether oxygens (including phenoxy) is 1. The Morgan fingerprint density at radius 2 is 1.87 bits per heavy atom. The SMILES string of the molecule is Cc1ccc(C(=O)N[C@H]2COC[C@H]2Cc2ccncc2)cc1NC(=O)C1CCCC1. The molecule has 2 aromatic rings. The topological polar surface area (TPSA) is 80.3 Å². The van der Waals surface area contributed by atoms with Crippen molar-refractivity contribution in [3.8, 4) is 0 Å². The van der Waals surface area contributed by atoms with Crippen molar-refractivity contribution in [1.29, 1.82) is 0 Å². The monoisotopic (exact) mass is 407 g/mol. The number of anilines is 1. The van der Waals surface area contributed by atoms with Crippen LogP contribution in [0.15, 0.2) is 42.7 Å². The van der Waals surface area contributed by atoms with Crippen molar-refractivity contribution in [3.63, 3.8) is 0 Å². The number of rotatable bonds is 6. The molecule has 2 atom stereocenters. The van der Waals surface area contributed by atoms with E-state index in [4.69, 9.17) is 4.74 Å². The van der Waals surface area contributed by atoms with Crippen LogP contribution in [-0.4, -0.2) is 36.1 Å². The van der Waals surface area contributed by atoms with E-state index in [1.54, 1.807) is 18.5 Å². The van der Waals surface area contributed by atoms with E-state index >= 15 is 0 Å². The molecule has 0 bridgehead atoms. The number of nitrogens with zero attached hydrogens (tertiary/aromatic N) is 1. The lowest BCUT2D eigenvalue weighted by Gasteiger charge is -2.20. The maximum absolute atomic E-state index is 12.9. The number of hydrogen-bond acceptors (Lipinski definition) is 4. The highest BCUT2D eigenvalue weighted by molar-refractivity contribution is 5.98. The molecule has 1 saturated carbocycles. The third-order valence-corrected chi connectivity index (χ3v) is 6.25. The summed E-state index contributed by atoms with van der Waals surface area (Å²) in [7, 11) is 0. The molecule has 2 N–H and O–H groups in total. The molecular formula is C24H29N3O3. The van der Waals surface area contributed by atoms with Crippen LogP contribution in [0.4, 0.5) is 5.69 Å². The average Bonchev–Trinajstić information content (AvgIpc) is 3.43. The van der Waals surface area contributed by atoms with Crippen LogP contribution in [0.3, 0.4) is 0 Å². The van der Waals surface area contributed by atoms with Gasteiger partial charge in [0.2, 0.25) is 5.91 Å². The number of nitrogens with one attached hydrogen (secondary N) is 2. The maximum Gasteiger partial charge on any atom is 0.251 e. The summed E-state index contributed by atoms with van der Waals surface area (Å²) < 4.78 is 5.64. The summed E-state index contributed by atoms with van der Waals surface area (Å²) in [4.78, 5) is 29.5. The fraction of sp³-hybridized carbons (Fsp3) is 0.458. The number of amides is 2. The first-order valence-corrected chi connectivity index (χ1v) is 10.8. The summed E-state index contributed by atoms with van der Waals surface area (Å²) in [5, 5.41) is 6.16. The second-order valence-electron chi connectivity index (χ2n) is 8.44. The Bertz CT molecular complexity index is 894. The van der Waals surface area contributed by atoms with Crippen molar-refractivity contribution < 1.29 is 14.3 Å². The lowest BCUT2D eigenvalue weighted by atomic mass is 9.95. The normalized spacial score (nSPS) is 21.5. The minimum Gasteiger partial charge on any atom is -0.379 e. The third kappa shape index (κ3) is 4.87. The van der Waals surface area contributed by atoms with Crippen LogP contribution >= 0.6 is 0 Å². The summed E-state index contributed by atoms with van der Waals surface area (Å²) in [5.41, 5.74) is 3.41. The predicted molar refractivity (Wildman–Crippen MR) is 115 cm³/mol. The van der Waals surface area contributed by atoms with Crippen LogP contribution in [-0.2, 0) is 16.0 Å². The maximum atomic E-state index is 12.9. The zero-order valence-corrected chi connectivity index (χ0v) is 17.4. The Kier molecular flexibility index (Phi) is 6.43. The summed E-state index contributed by atoms with van der Waals surface area (Å²) in [6.07, 6.45) is 8.54. The van der Waals surface area contributed by atoms with E-state index in [2.05, 4.69) is 15.6 Å². The van der Waals surface area contributed by atoms with Crippen molar-refractivity contribution >= 4 is 17.5 Å². The van der Waals surface area contributed by atoms with Crippen molar-refractivity contribution in [2.75, 3.05) is 18.5 Å². The van der Waals surface area contributed by atoms with Gasteiger partial charge in [-0.05, 0) is 61.6 Å². The Labute approximate surface area is 177 Å². The lowest BCUT2D eigenvalue weighted by Crippen LogP contribution is -2.40.